The Morgan fingerprint density at radius 2 is 1.15 bits per heavy atom. The zero-order chi connectivity index (χ0) is 53.1. The summed E-state index contributed by atoms with van der Waals surface area (Å²) in [6, 6.07) is 10.6. The summed E-state index contributed by atoms with van der Waals surface area (Å²) in [5.41, 5.74) is 7.20. The van der Waals surface area contributed by atoms with Gasteiger partial charge >= 0.3 is 24.1 Å². The minimum absolute atomic E-state index is 0.0382. The molecular formula is C49H70N8O14. The molecule has 1 aliphatic carbocycles. The van der Waals surface area contributed by atoms with Crippen LogP contribution in [0.25, 0.3) is 11.1 Å². The first-order chi connectivity index (χ1) is 33.2. The molecular weight excluding hydrogens is 925 g/mol. The Labute approximate surface area is 413 Å². The van der Waals surface area contributed by atoms with Crippen LogP contribution in [0.4, 0.5) is 9.59 Å². The van der Waals surface area contributed by atoms with Gasteiger partial charge in [-0.05, 0) is 95.9 Å². The van der Waals surface area contributed by atoms with Crippen LogP contribution in [-0.2, 0) is 57.3 Å². The summed E-state index contributed by atoms with van der Waals surface area (Å²) in [4.78, 5) is 127. The number of carbonyl (C=O) groups excluding carboxylic acids is 10. The fourth-order valence-corrected chi connectivity index (χ4v) is 7.08. The van der Waals surface area contributed by atoms with Gasteiger partial charge in [0.1, 0.15) is 48.6 Å². The van der Waals surface area contributed by atoms with Gasteiger partial charge in [-0.1, -0.05) is 62.4 Å². The van der Waals surface area contributed by atoms with Gasteiger partial charge in [-0.3, -0.25) is 33.6 Å². The van der Waals surface area contributed by atoms with Gasteiger partial charge in [0.05, 0.1) is 19.5 Å². The molecule has 0 bridgehead atoms. The maximum absolute atomic E-state index is 13.8. The van der Waals surface area contributed by atoms with Gasteiger partial charge in [-0.2, -0.15) is 0 Å². The molecule has 0 fully saturated rings. The number of benzene rings is 2. The first-order valence-corrected chi connectivity index (χ1v) is 23.4. The van der Waals surface area contributed by atoms with Gasteiger partial charge in [0, 0.05) is 18.9 Å². The van der Waals surface area contributed by atoms with E-state index in [9.17, 15) is 47.9 Å². The molecule has 22 heteroatoms. The van der Waals surface area contributed by atoms with Crippen LogP contribution >= 0.6 is 0 Å². The highest BCUT2D eigenvalue weighted by Gasteiger charge is 2.33. The highest BCUT2D eigenvalue weighted by molar-refractivity contribution is 5.93. The van der Waals surface area contributed by atoms with Gasteiger partial charge in [0.25, 0.3) is 0 Å². The van der Waals surface area contributed by atoms with Crippen LogP contribution in [0.5, 0.6) is 0 Å². The van der Waals surface area contributed by atoms with E-state index in [0.29, 0.717) is 0 Å². The molecule has 390 valence electrons. The van der Waals surface area contributed by atoms with E-state index in [4.69, 9.17) is 24.7 Å². The molecule has 0 unspecified atom stereocenters. The second-order valence-electron chi connectivity index (χ2n) is 19.3. The van der Waals surface area contributed by atoms with Crippen molar-refractivity contribution in [3.63, 3.8) is 0 Å². The van der Waals surface area contributed by atoms with E-state index < -0.39 is 114 Å². The van der Waals surface area contributed by atoms with Crippen LogP contribution in [0.2, 0.25) is 0 Å². The zero-order valence-electron chi connectivity index (χ0n) is 41.9. The highest BCUT2D eigenvalue weighted by atomic mass is 16.6. The maximum atomic E-state index is 13.8. The molecule has 2 aromatic rings. The number of primary amides is 1. The molecule has 4 atom stereocenters. The van der Waals surface area contributed by atoms with E-state index in [-0.39, 0.29) is 57.3 Å². The number of nitrogens with two attached hydrogens (primary N) is 1. The van der Waals surface area contributed by atoms with Gasteiger partial charge in [0.15, 0.2) is 0 Å². The largest absolute Gasteiger partial charge is 0.465 e. The number of ether oxygens (including phenoxy) is 4. The van der Waals surface area contributed by atoms with Crippen LogP contribution in [0.3, 0.4) is 0 Å². The Hall–Kier alpha value is -7.26. The molecule has 3 rings (SSSR count). The summed E-state index contributed by atoms with van der Waals surface area (Å²) >= 11 is 0. The number of hydrogen-bond acceptors (Lipinski definition) is 14. The van der Waals surface area contributed by atoms with Crippen molar-refractivity contribution in [1.29, 1.82) is 0 Å². The Balaban J connectivity index is 1.60. The molecule has 0 saturated carbocycles. The van der Waals surface area contributed by atoms with E-state index in [0.717, 1.165) is 22.3 Å². The zero-order valence-corrected chi connectivity index (χ0v) is 41.9. The highest BCUT2D eigenvalue weighted by Crippen LogP contribution is 2.44. The summed E-state index contributed by atoms with van der Waals surface area (Å²) in [7, 11) is 0. The van der Waals surface area contributed by atoms with Crippen molar-refractivity contribution in [1.82, 2.24) is 37.2 Å². The summed E-state index contributed by atoms with van der Waals surface area (Å²) < 4.78 is 21.8. The minimum atomic E-state index is -1.36. The van der Waals surface area contributed by atoms with E-state index >= 15 is 0 Å². The third-order valence-corrected chi connectivity index (χ3v) is 10.3. The number of esters is 2. The number of nitrogens with one attached hydrogen (secondary N) is 7. The topological polar surface area (TPSA) is 318 Å². The standard InChI is InChI=1S/C49H70N8O14/c1-28(2)24-37(45(65)70-48(4,5)6)55-44(64)35(56-46(66)69-27-34-32-16-12-10-14-30(32)31-15-11-13-17-33(31)34)18-19-41(61)68-23-21-39(59)51-22-20-36(57-47(67)71-49(7,8)9)43(63)54-29(3)42(62)53-26-40(60)52-25-38(50)58/h10-17,28-29,34-37H,18-27H2,1-9H3,(H2,50,58)(H,51,59)(H,52,60)(H,53,62)(H,54,63)(H,55,64)(H,56,66)(H,57,67)/t29-,35-,36+,37-/m0/s1. The van der Waals surface area contributed by atoms with E-state index in [1.54, 1.807) is 41.5 Å². The molecule has 1 aliphatic rings. The molecule has 8 amide bonds. The summed E-state index contributed by atoms with van der Waals surface area (Å²) in [6.45, 7) is 13.4. The third kappa shape index (κ3) is 21.1. The van der Waals surface area contributed by atoms with Crippen LogP contribution in [-0.4, -0.2) is 128 Å². The molecule has 0 spiro atoms. The van der Waals surface area contributed by atoms with Crippen molar-refractivity contribution in [3.05, 3.63) is 59.7 Å². The molecule has 9 N–H and O–H groups in total. The Bertz CT molecular complexity index is 2190. The first-order valence-electron chi connectivity index (χ1n) is 23.4. The smallest absolute Gasteiger partial charge is 0.408 e. The maximum Gasteiger partial charge on any atom is 0.408 e. The number of amides is 8. The lowest BCUT2D eigenvalue weighted by molar-refractivity contribution is -0.159. The predicted molar refractivity (Wildman–Crippen MR) is 258 cm³/mol. The summed E-state index contributed by atoms with van der Waals surface area (Å²) in [5.74, 6) is -6.21. The number of alkyl carbamates (subject to hydrolysis) is 2. The van der Waals surface area contributed by atoms with Crippen LogP contribution in [0, 0.1) is 5.92 Å². The van der Waals surface area contributed by atoms with E-state index in [1.165, 1.54) is 6.92 Å². The molecule has 2 aromatic carbocycles. The van der Waals surface area contributed by atoms with Crippen LogP contribution < -0.4 is 43.0 Å². The molecule has 0 radical (unpaired) electrons. The van der Waals surface area contributed by atoms with Crippen LogP contribution in [0.15, 0.2) is 48.5 Å². The lowest BCUT2D eigenvalue weighted by Gasteiger charge is -2.27. The second kappa shape index (κ2) is 27.2. The quantitative estimate of drug-likeness (QED) is 0.0522. The van der Waals surface area contributed by atoms with Crippen molar-refractivity contribution in [2.75, 3.05) is 32.8 Å². The number of rotatable bonds is 25. The van der Waals surface area contributed by atoms with Crippen molar-refractivity contribution >= 4 is 59.6 Å². The van der Waals surface area contributed by atoms with Gasteiger partial charge in [-0.25, -0.2) is 14.4 Å². The van der Waals surface area contributed by atoms with Crippen molar-refractivity contribution < 1.29 is 66.9 Å². The average Bonchev–Trinajstić information content (AvgIpc) is 3.59. The second-order valence-corrected chi connectivity index (χ2v) is 19.3. The molecule has 0 aliphatic heterocycles. The monoisotopic (exact) mass is 995 g/mol. The fraction of sp³-hybridized carbons (Fsp3) is 0.551. The average molecular weight is 995 g/mol. The third-order valence-electron chi connectivity index (χ3n) is 10.3. The van der Waals surface area contributed by atoms with Crippen molar-refractivity contribution in [2.45, 2.75) is 136 Å². The van der Waals surface area contributed by atoms with Crippen molar-refractivity contribution in [3.8, 4) is 11.1 Å². The Morgan fingerprint density at radius 3 is 1.73 bits per heavy atom. The first kappa shape index (κ1) is 58.1. The molecule has 22 nitrogen and oxygen atoms in total. The Morgan fingerprint density at radius 1 is 0.592 bits per heavy atom. The van der Waals surface area contributed by atoms with Gasteiger partial charge in [-0.15, -0.1) is 0 Å². The van der Waals surface area contributed by atoms with Gasteiger partial charge in [0.2, 0.25) is 35.4 Å². The lowest BCUT2D eigenvalue weighted by atomic mass is 9.98. The van der Waals surface area contributed by atoms with E-state index in [1.807, 2.05) is 62.4 Å². The number of hydrogen-bond donors (Lipinski definition) is 8. The predicted octanol–water partition coefficient (Wildman–Crippen LogP) is 2.10. The molecule has 0 heterocycles. The molecule has 0 aromatic heterocycles. The molecule has 0 saturated heterocycles. The SMILES string of the molecule is CC(C)C[C@H](NC(=O)[C@H](CCC(=O)OCCC(=O)NCC[C@@H](NC(=O)OC(C)(C)C)C(=O)N[C@@H](C)C(=O)NCC(=O)NCC(N)=O)NC(=O)OCC1c2ccccc2-c2ccccc21)C(=O)OC(C)(C)C. The normalized spacial score (nSPS) is 13.6. The lowest BCUT2D eigenvalue weighted by Crippen LogP contribution is -2.54. The summed E-state index contributed by atoms with van der Waals surface area (Å²) in [5, 5.41) is 17.1. The number of fused-ring (bicyclic) bond motifs is 3. The van der Waals surface area contributed by atoms with Crippen molar-refractivity contribution in [2.24, 2.45) is 11.7 Å². The van der Waals surface area contributed by atoms with Crippen LogP contribution in [0.1, 0.15) is 111 Å². The summed E-state index contributed by atoms with van der Waals surface area (Å²) in [6.07, 6.45) is -2.82. The van der Waals surface area contributed by atoms with Gasteiger partial charge < -0.3 is 61.9 Å². The Kier molecular flexibility index (Phi) is 22.3. The minimum Gasteiger partial charge on any atom is -0.465 e. The fourth-order valence-electron chi connectivity index (χ4n) is 7.08. The molecule has 71 heavy (non-hydrogen) atoms. The van der Waals surface area contributed by atoms with E-state index in [2.05, 4.69) is 37.2 Å². The number of carbonyl (C=O) groups is 10.